The minimum Gasteiger partial charge on any atom is -0.0616 e. The molecule has 0 amide bonds. The lowest BCUT2D eigenvalue weighted by Crippen LogP contribution is -1.84. The summed E-state index contributed by atoms with van der Waals surface area (Å²) in [5.41, 5.74) is 2.72. The Morgan fingerprint density at radius 1 is 0.688 bits per heavy atom. The van der Waals surface area contributed by atoms with Gasteiger partial charge in [0.1, 0.15) is 0 Å². The zero-order chi connectivity index (χ0) is 11.1. The van der Waals surface area contributed by atoms with Crippen LogP contribution < -0.4 is 0 Å². The average Bonchev–Trinajstić information content (AvgIpc) is 2.30. The van der Waals surface area contributed by atoms with Crippen molar-refractivity contribution in [1.29, 1.82) is 0 Å². The van der Waals surface area contributed by atoms with Crippen molar-refractivity contribution in [3.8, 4) is 0 Å². The minimum atomic E-state index is 1.34. The molecule has 3 aromatic carbocycles. The Morgan fingerprint density at radius 3 is 2.31 bits per heavy atom. The SMILES string of the molecule is Cc1cc2ccccc2c2c(C)cccc12. The van der Waals surface area contributed by atoms with E-state index in [-0.39, 0.29) is 0 Å². The predicted molar refractivity (Wildman–Crippen MR) is 70.9 cm³/mol. The van der Waals surface area contributed by atoms with Gasteiger partial charge >= 0.3 is 0 Å². The first-order valence-electron chi connectivity index (χ1n) is 5.65. The van der Waals surface area contributed by atoms with Crippen LogP contribution in [0.5, 0.6) is 0 Å². The van der Waals surface area contributed by atoms with Gasteiger partial charge in [0, 0.05) is 0 Å². The molecule has 0 aliphatic heterocycles. The van der Waals surface area contributed by atoms with Crippen LogP contribution >= 0.6 is 0 Å². The molecule has 0 saturated carbocycles. The zero-order valence-electron chi connectivity index (χ0n) is 9.62. The van der Waals surface area contributed by atoms with Gasteiger partial charge in [-0.25, -0.2) is 0 Å². The van der Waals surface area contributed by atoms with Gasteiger partial charge in [-0.05, 0) is 46.5 Å². The second-order valence-electron chi connectivity index (χ2n) is 4.41. The quantitative estimate of drug-likeness (QED) is 0.471. The predicted octanol–water partition coefficient (Wildman–Crippen LogP) is 4.61. The first-order chi connectivity index (χ1) is 7.77. The van der Waals surface area contributed by atoms with E-state index in [1.54, 1.807) is 0 Å². The summed E-state index contributed by atoms with van der Waals surface area (Å²) in [6.45, 7) is 4.38. The molecular weight excluding hydrogens is 192 g/mol. The molecule has 0 radical (unpaired) electrons. The van der Waals surface area contributed by atoms with Crippen molar-refractivity contribution >= 4 is 21.5 Å². The topological polar surface area (TPSA) is 0 Å². The van der Waals surface area contributed by atoms with E-state index in [1.165, 1.54) is 32.7 Å². The molecule has 0 bridgehead atoms. The fourth-order valence-electron chi connectivity index (χ4n) is 2.52. The van der Waals surface area contributed by atoms with Gasteiger partial charge in [0.05, 0.1) is 0 Å². The third kappa shape index (κ3) is 1.23. The second kappa shape index (κ2) is 3.34. The molecule has 0 aromatic heterocycles. The van der Waals surface area contributed by atoms with E-state index in [1.807, 2.05) is 0 Å². The smallest absolute Gasteiger partial charge is 0.00735 e. The summed E-state index contributed by atoms with van der Waals surface area (Å²) in [6, 6.07) is 17.4. The average molecular weight is 206 g/mol. The van der Waals surface area contributed by atoms with Gasteiger partial charge in [-0.15, -0.1) is 0 Å². The summed E-state index contributed by atoms with van der Waals surface area (Å²) in [7, 11) is 0. The molecule has 3 rings (SSSR count). The number of hydrogen-bond acceptors (Lipinski definition) is 0. The molecule has 0 unspecified atom stereocenters. The van der Waals surface area contributed by atoms with E-state index in [0.29, 0.717) is 0 Å². The lowest BCUT2D eigenvalue weighted by atomic mass is 9.95. The van der Waals surface area contributed by atoms with E-state index in [0.717, 1.165) is 0 Å². The van der Waals surface area contributed by atoms with Crippen LogP contribution in [0.15, 0.2) is 48.5 Å². The van der Waals surface area contributed by atoms with Crippen LogP contribution in [0.1, 0.15) is 11.1 Å². The van der Waals surface area contributed by atoms with E-state index >= 15 is 0 Å². The molecule has 0 fully saturated rings. The number of aryl methyl sites for hydroxylation is 2. The Bertz CT molecular complexity index is 678. The first kappa shape index (κ1) is 9.41. The lowest BCUT2D eigenvalue weighted by Gasteiger charge is -2.09. The molecule has 0 atom stereocenters. The van der Waals surface area contributed by atoms with Gasteiger partial charge in [0.25, 0.3) is 0 Å². The van der Waals surface area contributed by atoms with Crippen molar-refractivity contribution in [3.05, 3.63) is 59.7 Å². The van der Waals surface area contributed by atoms with Crippen LogP contribution in [0.3, 0.4) is 0 Å². The second-order valence-corrected chi connectivity index (χ2v) is 4.41. The molecule has 0 heterocycles. The van der Waals surface area contributed by atoms with E-state index in [4.69, 9.17) is 0 Å². The van der Waals surface area contributed by atoms with E-state index < -0.39 is 0 Å². The highest BCUT2D eigenvalue weighted by molar-refractivity contribution is 6.10. The standard InChI is InChI=1S/C16H14/c1-11-6-5-9-14-12(2)10-13-7-3-4-8-15(13)16(11)14/h3-10H,1-2H3. The first-order valence-corrected chi connectivity index (χ1v) is 5.65. The highest BCUT2D eigenvalue weighted by Crippen LogP contribution is 2.30. The Kier molecular flexibility index (Phi) is 1.97. The summed E-state index contributed by atoms with van der Waals surface area (Å²) >= 11 is 0. The fraction of sp³-hybridized carbons (Fsp3) is 0.125. The van der Waals surface area contributed by atoms with Crippen molar-refractivity contribution in [2.24, 2.45) is 0 Å². The van der Waals surface area contributed by atoms with Crippen molar-refractivity contribution in [2.45, 2.75) is 13.8 Å². The van der Waals surface area contributed by atoms with Crippen molar-refractivity contribution in [3.63, 3.8) is 0 Å². The van der Waals surface area contributed by atoms with Crippen molar-refractivity contribution in [2.75, 3.05) is 0 Å². The maximum absolute atomic E-state index is 2.27. The maximum Gasteiger partial charge on any atom is -0.00735 e. The largest absolute Gasteiger partial charge is 0.0616 e. The summed E-state index contributed by atoms with van der Waals surface area (Å²) in [5, 5.41) is 5.47. The summed E-state index contributed by atoms with van der Waals surface area (Å²) < 4.78 is 0. The third-order valence-electron chi connectivity index (χ3n) is 3.30. The monoisotopic (exact) mass is 206 g/mol. The molecule has 0 aliphatic rings. The molecule has 78 valence electrons. The number of fused-ring (bicyclic) bond motifs is 3. The molecule has 0 saturated heterocycles. The summed E-state index contributed by atoms with van der Waals surface area (Å²) in [4.78, 5) is 0. The third-order valence-corrected chi connectivity index (χ3v) is 3.30. The Balaban J connectivity index is 2.67. The number of benzene rings is 3. The lowest BCUT2D eigenvalue weighted by molar-refractivity contribution is 1.50. The Hall–Kier alpha value is -1.82. The van der Waals surface area contributed by atoms with Crippen LogP contribution in [0.2, 0.25) is 0 Å². The molecule has 3 aromatic rings. The van der Waals surface area contributed by atoms with Crippen LogP contribution in [0.25, 0.3) is 21.5 Å². The highest BCUT2D eigenvalue weighted by atomic mass is 14.1. The molecule has 0 N–H and O–H groups in total. The van der Waals surface area contributed by atoms with Gasteiger partial charge in [-0.2, -0.15) is 0 Å². The summed E-state index contributed by atoms with van der Waals surface area (Å²) in [5.74, 6) is 0. The highest BCUT2D eigenvalue weighted by Gasteiger charge is 2.04. The Labute approximate surface area is 95.5 Å². The molecule has 0 spiro atoms. The van der Waals surface area contributed by atoms with Crippen LogP contribution in [0.4, 0.5) is 0 Å². The van der Waals surface area contributed by atoms with Crippen LogP contribution in [-0.4, -0.2) is 0 Å². The van der Waals surface area contributed by atoms with E-state index in [2.05, 4.69) is 62.4 Å². The van der Waals surface area contributed by atoms with Gasteiger partial charge in [0.15, 0.2) is 0 Å². The normalized spacial score (nSPS) is 11.1. The van der Waals surface area contributed by atoms with Gasteiger partial charge in [0.2, 0.25) is 0 Å². The van der Waals surface area contributed by atoms with Gasteiger partial charge < -0.3 is 0 Å². The fourth-order valence-corrected chi connectivity index (χ4v) is 2.52. The Morgan fingerprint density at radius 2 is 1.44 bits per heavy atom. The molecule has 16 heavy (non-hydrogen) atoms. The van der Waals surface area contributed by atoms with Gasteiger partial charge in [-0.1, -0.05) is 48.5 Å². The van der Waals surface area contributed by atoms with Crippen LogP contribution in [-0.2, 0) is 0 Å². The zero-order valence-corrected chi connectivity index (χ0v) is 9.62. The number of rotatable bonds is 0. The molecule has 0 nitrogen and oxygen atoms in total. The van der Waals surface area contributed by atoms with Crippen molar-refractivity contribution in [1.82, 2.24) is 0 Å². The maximum atomic E-state index is 2.27. The van der Waals surface area contributed by atoms with E-state index in [9.17, 15) is 0 Å². The van der Waals surface area contributed by atoms with Gasteiger partial charge in [-0.3, -0.25) is 0 Å². The minimum absolute atomic E-state index is 1.34. The van der Waals surface area contributed by atoms with Crippen LogP contribution in [0, 0.1) is 13.8 Å². The molecular formula is C16H14. The molecule has 0 heteroatoms. The summed E-state index contributed by atoms with van der Waals surface area (Å²) in [6.07, 6.45) is 0. The van der Waals surface area contributed by atoms with Crippen molar-refractivity contribution < 1.29 is 0 Å². The number of hydrogen-bond donors (Lipinski definition) is 0. The molecule has 0 aliphatic carbocycles.